The van der Waals surface area contributed by atoms with E-state index in [2.05, 4.69) is 15.5 Å². The molecule has 96 valence electrons. The molecule has 2 N–H and O–H groups in total. The van der Waals surface area contributed by atoms with Gasteiger partial charge in [0.25, 0.3) is 5.91 Å². The van der Waals surface area contributed by atoms with Crippen molar-refractivity contribution in [2.24, 2.45) is 17.8 Å². The minimum atomic E-state index is 0.0469. The Morgan fingerprint density at radius 2 is 1.83 bits per heavy atom. The first kappa shape index (κ1) is 10.6. The number of carbonyl (C=O) groups excluding carboxylic acids is 1. The first-order chi connectivity index (χ1) is 8.72. The highest BCUT2D eigenvalue weighted by molar-refractivity contribution is 5.94. The van der Waals surface area contributed by atoms with Crippen LogP contribution in [0.2, 0.25) is 0 Å². The van der Waals surface area contributed by atoms with Gasteiger partial charge in [-0.05, 0) is 56.3 Å². The van der Waals surface area contributed by atoms with Gasteiger partial charge in [-0.15, -0.1) is 0 Å². The standard InChI is InChI=1S/C14H19N3O/c18-13(12-7-15-16-8-12)17-14-4-9-1-10(5-14)3-11(2-9)6-14/h7-11H,1-6H2,(H,15,16)(H,17,18). The molecule has 4 heteroatoms. The van der Waals surface area contributed by atoms with E-state index in [1.54, 1.807) is 12.4 Å². The van der Waals surface area contributed by atoms with E-state index in [4.69, 9.17) is 0 Å². The summed E-state index contributed by atoms with van der Waals surface area (Å²) in [6, 6.07) is 0. The van der Waals surface area contributed by atoms with Gasteiger partial charge in [0.05, 0.1) is 11.8 Å². The summed E-state index contributed by atoms with van der Waals surface area (Å²) in [5.41, 5.74) is 0.758. The van der Waals surface area contributed by atoms with Crippen molar-refractivity contribution in [1.82, 2.24) is 15.5 Å². The number of aromatic amines is 1. The van der Waals surface area contributed by atoms with Crippen molar-refractivity contribution >= 4 is 5.91 Å². The summed E-state index contributed by atoms with van der Waals surface area (Å²) in [5, 5.41) is 9.89. The van der Waals surface area contributed by atoms with Gasteiger partial charge in [-0.2, -0.15) is 5.10 Å². The zero-order valence-corrected chi connectivity index (χ0v) is 10.5. The Morgan fingerprint density at radius 3 is 2.33 bits per heavy atom. The maximum Gasteiger partial charge on any atom is 0.254 e. The topological polar surface area (TPSA) is 57.8 Å². The first-order valence-electron chi connectivity index (χ1n) is 7.04. The van der Waals surface area contributed by atoms with Gasteiger partial charge in [0, 0.05) is 11.7 Å². The molecule has 4 nitrogen and oxygen atoms in total. The van der Waals surface area contributed by atoms with Crippen LogP contribution in [0.25, 0.3) is 0 Å². The predicted molar refractivity (Wildman–Crippen MR) is 67.0 cm³/mol. The van der Waals surface area contributed by atoms with Gasteiger partial charge in [0.1, 0.15) is 0 Å². The Labute approximate surface area is 107 Å². The van der Waals surface area contributed by atoms with Crippen LogP contribution in [0.15, 0.2) is 12.4 Å². The Morgan fingerprint density at radius 1 is 1.22 bits per heavy atom. The Bertz CT molecular complexity index is 430. The van der Waals surface area contributed by atoms with Gasteiger partial charge in [0.2, 0.25) is 0 Å². The van der Waals surface area contributed by atoms with Crippen LogP contribution in [0, 0.1) is 17.8 Å². The molecule has 5 rings (SSSR count). The van der Waals surface area contributed by atoms with Crippen LogP contribution < -0.4 is 5.32 Å². The fourth-order valence-corrected chi connectivity index (χ4v) is 4.95. The number of carbonyl (C=O) groups is 1. The molecule has 1 aromatic heterocycles. The van der Waals surface area contributed by atoms with Gasteiger partial charge < -0.3 is 5.32 Å². The minimum Gasteiger partial charge on any atom is -0.346 e. The molecule has 0 aliphatic heterocycles. The van der Waals surface area contributed by atoms with Gasteiger partial charge in [-0.1, -0.05) is 0 Å². The zero-order valence-electron chi connectivity index (χ0n) is 10.5. The van der Waals surface area contributed by atoms with Gasteiger partial charge in [-0.3, -0.25) is 9.89 Å². The van der Waals surface area contributed by atoms with Crippen molar-refractivity contribution in [3.63, 3.8) is 0 Å². The molecule has 0 radical (unpaired) electrons. The van der Waals surface area contributed by atoms with Crippen LogP contribution >= 0.6 is 0 Å². The molecule has 1 amide bonds. The highest BCUT2D eigenvalue weighted by atomic mass is 16.1. The molecule has 0 saturated heterocycles. The van der Waals surface area contributed by atoms with Crippen LogP contribution in [-0.2, 0) is 0 Å². The van der Waals surface area contributed by atoms with Gasteiger partial charge in [0.15, 0.2) is 0 Å². The average molecular weight is 245 g/mol. The maximum absolute atomic E-state index is 12.2. The Kier molecular flexibility index (Phi) is 2.11. The molecule has 18 heavy (non-hydrogen) atoms. The normalized spacial score (nSPS) is 41.0. The van der Waals surface area contributed by atoms with E-state index in [1.807, 2.05) is 0 Å². The summed E-state index contributed by atoms with van der Waals surface area (Å²) in [6.45, 7) is 0. The van der Waals surface area contributed by atoms with Gasteiger partial charge >= 0.3 is 0 Å². The van der Waals surface area contributed by atoms with E-state index in [-0.39, 0.29) is 11.4 Å². The van der Waals surface area contributed by atoms with Crippen LogP contribution in [0.5, 0.6) is 0 Å². The largest absolute Gasteiger partial charge is 0.346 e. The monoisotopic (exact) mass is 245 g/mol. The van der Waals surface area contributed by atoms with Crippen molar-refractivity contribution in [3.05, 3.63) is 18.0 Å². The lowest BCUT2D eigenvalue weighted by Crippen LogP contribution is -2.59. The van der Waals surface area contributed by atoms with Crippen molar-refractivity contribution in [1.29, 1.82) is 0 Å². The zero-order chi connectivity index (χ0) is 12.2. The third-order valence-electron chi connectivity index (χ3n) is 5.18. The molecule has 0 aromatic carbocycles. The number of aromatic nitrogens is 2. The number of hydrogen-bond donors (Lipinski definition) is 2. The highest BCUT2D eigenvalue weighted by Crippen LogP contribution is 2.55. The fraction of sp³-hybridized carbons (Fsp3) is 0.714. The molecule has 0 atom stereocenters. The molecule has 0 spiro atoms. The van der Waals surface area contributed by atoms with E-state index in [1.165, 1.54) is 38.5 Å². The lowest BCUT2D eigenvalue weighted by Gasteiger charge is -2.56. The van der Waals surface area contributed by atoms with E-state index >= 15 is 0 Å². The van der Waals surface area contributed by atoms with E-state index in [0.29, 0.717) is 5.56 Å². The number of nitrogens with zero attached hydrogens (tertiary/aromatic N) is 1. The summed E-state index contributed by atoms with van der Waals surface area (Å²) in [7, 11) is 0. The van der Waals surface area contributed by atoms with Gasteiger partial charge in [-0.25, -0.2) is 0 Å². The summed E-state index contributed by atoms with van der Waals surface area (Å²) in [6.07, 6.45) is 11.1. The predicted octanol–water partition coefficient (Wildman–Crippen LogP) is 2.11. The third kappa shape index (κ3) is 1.58. The molecule has 1 aromatic rings. The minimum absolute atomic E-state index is 0.0469. The third-order valence-corrected chi connectivity index (χ3v) is 5.18. The second kappa shape index (κ2) is 3.59. The number of H-pyrrole nitrogens is 1. The molecule has 4 fully saturated rings. The molecular formula is C14H19N3O. The maximum atomic E-state index is 12.2. The summed E-state index contributed by atoms with van der Waals surface area (Å²) in [5.74, 6) is 2.63. The molecule has 4 aliphatic rings. The molecule has 4 bridgehead atoms. The Balaban J connectivity index is 1.56. The quantitative estimate of drug-likeness (QED) is 0.838. The summed E-state index contributed by atoms with van der Waals surface area (Å²) >= 11 is 0. The molecule has 4 saturated carbocycles. The molecular weight excluding hydrogens is 226 g/mol. The van der Waals surface area contributed by atoms with Crippen LogP contribution in [0.1, 0.15) is 48.9 Å². The van der Waals surface area contributed by atoms with Crippen molar-refractivity contribution in [2.45, 2.75) is 44.1 Å². The Hall–Kier alpha value is -1.32. The lowest BCUT2D eigenvalue weighted by atomic mass is 9.53. The van der Waals surface area contributed by atoms with Crippen LogP contribution in [0.3, 0.4) is 0 Å². The lowest BCUT2D eigenvalue weighted by molar-refractivity contribution is -0.0167. The number of rotatable bonds is 2. The first-order valence-corrected chi connectivity index (χ1v) is 7.04. The SMILES string of the molecule is O=C(NC12CC3CC(CC(C3)C1)C2)c1cn[nH]c1. The number of hydrogen-bond acceptors (Lipinski definition) is 2. The highest BCUT2D eigenvalue weighted by Gasteiger charge is 2.51. The summed E-state index contributed by atoms with van der Waals surface area (Å²) < 4.78 is 0. The second-order valence-electron chi connectivity index (χ2n) is 6.64. The van der Waals surface area contributed by atoms with E-state index in [9.17, 15) is 4.79 Å². The molecule has 0 unspecified atom stereocenters. The van der Waals surface area contributed by atoms with Crippen LogP contribution in [-0.4, -0.2) is 21.6 Å². The number of amides is 1. The molecule has 1 heterocycles. The fourth-order valence-electron chi connectivity index (χ4n) is 4.95. The average Bonchev–Trinajstić information content (AvgIpc) is 2.79. The summed E-state index contributed by atoms with van der Waals surface area (Å²) in [4.78, 5) is 12.2. The van der Waals surface area contributed by atoms with Crippen LogP contribution in [0.4, 0.5) is 0 Å². The van der Waals surface area contributed by atoms with Crippen molar-refractivity contribution in [2.75, 3.05) is 0 Å². The van der Waals surface area contributed by atoms with Crippen molar-refractivity contribution in [3.8, 4) is 0 Å². The number of nitrogens with one attached hydrogen (secondary N) is 2. The van der Waals surface area contributed by atoms with Crippen molar-refractivity contribution < 1.29 is 4.79 Å². The smallest absolute Gasteiger partial charge is 0.254 e. The molecule has 4 aliphatic carbocycles. The van der Waals surface area contributed by atoms with E-state index in [0.717, 1.165) is 17.8 Å². The van der Waals surface area contributed by atoms with E-state index < -0.39 is 0 Å². The second-order valence-corrected chi connectivity index (χ2v) is 6.64.